The van der Waals surface area contributed by atoms with E-state index in [0.29, 0.717) is 0 Å². The van der Waals surface area contributed by atoms with Gasteiger partial charge in [0.25, 0.3) is 0 Å². The molecule has 0 spiro atoms. The SMILES string of the molecule is C#CC#CC#CC#CC#CC#CC#CC#CC#CC#CC#CC#CC#CC#CB(C#CC#CC#CC#CC#CC#CC#CC#CC#CC#CC#CC#CC#CC#CC)B(C#CC#CC#CC#CC#CC#CC#CC#CC#CC#CC#CC#CC#CC#CC)C#CC#CC#CC#CC#CC#CC#CC#CC#CC#CC#CC#CC#CC#CC. The average Bonchev–Trinajstić information content (AvgIpc) is 0.914. The molecular weight excluding hydrogens is 1400 g/mol. The molecule has 0 aliphatic heterocycles. The van der Waals surface area contributed by atoms with E-state index in [4.69, 9.17) is 6.42 Å². The van der Waals surface area contributed by atoms with Crippen molar-refractivity contribution in [3.8, 4) is 663 Å². The zero-order valence-corrected chi connectivity index (χ0v) is 60.2. The molecule has 0 fully saturated rings. The van der Waals surface area contributed by atoms with Crippen LogP contribution in [0.4, 0.5) is 0 Å². The maximum absolute atomic E-state index is 4.99. The van der Waals surface area contributed by atoms with Gasteiger partial charge in [-0.1, -0.05) is 17.8 Å². The van der Waals surface area contributed by atoms with Crippen molar-refractivity contribution >= 4 is 13.2 Å². The largest absolute Gasteiger partial charge is 0.317 e. The van der Waals surface area contributed by atoms with Crippen molar-refractivity contribution in [2.75, 3.05) is 0 Å². The Morgan fingerprint density at radius 3 is 0.239 bits per heavy atom. The molecule has 0 aromatic heterocycles. The van der Waals surface area contributed by atoms with Crippen molar-refractivity contribution in [1.29, 1.82) is 0 Å². The van der Waals surface area contributed by atoms with Crippen molar-refractivity contribution in [1.82, 2.24) is 0 Å². The first kappa shape index (κ1) is 92.5. The van der Waals surface area contributed by atoms with Gasteiger partial charge in [-0.2, -0.15) is 0 Å². The monoisotopic (exact) mass is 1410 g/mol. The summed E-state index contributed by atoms with van der Waals surface area (Å²) in [7, 11) is 0. The highest BCUT2D eigenvalue weighted by Crippen LogP contribution is 1.88. The smallest absolute Gasteiger partial charge is 0.130 e. The summed E-state index contributed by atoms with van der Waals surface area (Å²) in [5, 5.41) is 0. The summed E-state index contributed by atoms with van der Waals surface area (Å²) in [6, 6.07) is 0. The molecule has 0 saturated heterocycles. The average molecular weight is 1410 g/mol. The fraction of sp³-hybridized carbons (Fsp3) is 0.0261. The Morgan fingerprint density at radius 2 is 0.162 bits per heavy atom. The Balaban J connectivity index is 7.29. The normalized spacial score (nSPS) is 4.19. The lowest BCUT2D eigenvalue weighted by Gasteiger charge is -1.95. The van der Waals surface area contributed by atoms with Gasteiger partial charge in [0.15, 0.2) is 0 Å². The zero-order chi connectivity index (χ0) is 83.6. The summed E-state index contributed by atoms with van der Waals surface area (Å²) in [4.78, 5) is 0. The lowest BCUT2D eigenvalue weighted by molar-refractivity contribution is 1.92. The summed E-state index contributed by atoms with van der Waals surface area (Å²) >= 11 is 0. The van der Waals surface area contributed by atoms with E-state index in [1.165, 1.54) is 0 Å². The third-order valence-corrected chi connectivity index (χ3v) is 7.88. The van der Waals surface area contributed by atoms with Crippen LogP contribution < -0.4 is 0 Å². The maximum Gasteiger partial charge on any atom is 0.317 e. The molecule has 0 atom stereocenters. The van der Waals surface area contributed by atoms with Crippen LogP contribution in [-0.4, -0.2) is 13.2 Å². The van der Waals surface area contributed by atoms with Gasteiger partial charge in [-0.05, 0) is 400 Å². The predicted molar refractivity (Wildman–Crippen MR) is 465 cm³/mol. The fourth-order valence-corrected chi connectivity index (χ4v) is 4.05. The fourth-order valence-electron chi connectivity index (χ4n) is 4.05. The van der Waals surface area contributed by atoms with Gasteiger partial charge in [-0.25, -0.2) is 0 Å². The van der Waals surface area contributed by atoms with Gasteiger partial charge < -0.3 is 0 Å². The molecule has 0 aliphatic carbocycles. The third-order valence-electron chi connectivity index (χ3n) is 7.88. The standard InChI is InChI=1S/C115H10B2/c1-5-9-13-17-21-25-29-33-37-41-45-49-53-57-61-65-69-73-77-81-85-89-93-97-101-105-109-113-116(112-108-104-100-96-92-88-84-80-76-72-68-64-60-56-52-48-44-40-36-32-28-24-20-16-12-8-4)117(114-110-106-102-98-94-90-86-82-78-74-70-66-62-58-54-50-46-42-38-34-30-26-22-18-14-10-6-2)115-111-107-103-99-95-91-87-83-79-75-71-67-63-59-55-51-47-43-39-35-31-27-23-19-15-11-7-3/h4H,1-3H3. The van der Waals surface area contributed by atoms with Crippen molar-refractivity contribution in [2.45, 2.75) is 20.8 Å². The zero-order valence-electron chi connectivity index (χ0n) is 60.2. The molecule has 0 aromatic carbocycles. The van der Waals surface area contributed by atoms with E-state index in [1.807, 2.05) is 0 Å². The number of hydrogen-bond acceptors (Lipinski definition) is 0. The molecular formula is C115H10B2. The molecule has 0 heterocycles. The second-order valence-electron chi connectivity index (χ2n) is 15.3. The predicted octanol–water partition coefficient (Wildman–Crippen LogP) is 1.09. The van der Waals surface area contributed by atoms with E-state index in [1.54, 1.807) is 20.8 Å². The highest BCUT2D eigenvalue weighted by Gasteiger charge is 2.24. The third kappa shape index (κ3) is 82.1. The molecule has 0 unspecified atom stereocenters. The van der Waals surface area contributed by atoms with E-state index < -0.39 is 13.2 Å². The minimum Gasteiger partial charge on any atom is -0.130 e. The summed E-state index contributed by atoms with van der Waals surface area (Å²) < 4.78 is 0. The Kier molecular flexibility index (Phi) is 69.2. The van der Waals surface area contributed by atoms with E-state index in [9.17, 15) is 0 Å². The van der Waals surface area contributed by atoms with Gasteiger partial charge in [0.05, 0.1) is 0 Å². The molecule has 0 nitrogen and oxygen atoms in total. The van der Waals surface area contributed by atoms with Crippen molar-refractivity contribution in [3.63, 3.8) is 0 Å². The first-order chi connectivity index (χ1) is 58.3. The minimum atomic E-state index is -0.941. The van der Waals surface area contributed by atoms with Crippen molar-refractivity contribution in [3.05, 3.63) is 0 Å². The van der Waals surface area contributed by atoms with E-state index in [0.717, 1.165) is 0 Å². The van der Waals surface area contributed by atoms with E-state index in [-0.39, 0.29) is 0 Å². The molecule has 0 saturated carbocycles. The molecule has 0 radical (unpaired) electrons. The quantitative estimate of drug-likeness (QED) is 0.273. The van der Waals surface area contributed by atoms with Crippen LogP contribution in [0, 0.1) is 663 Å². The molecule has 0 N–H and O–H groups in total. The van der Waals surface area contributed by atoms with Crippen LogP contribution in [0.25, 0.3) is 0 Å². The second-order valence-corrected chi connectivity index (χ2v) is 15.3. The first-order valence-electron chi connectivity index (χ1n) is 30.0. The lowest BCUT2D eigenvalue weighted by atomic mass is 9.10. The molecule has 0 aromatic rings. The molecule has 0 amide bonds. The summed E-state index contributed by atoms with van der Waals surface area (Å²) in [5.74, 6) is 282. The first-order valence-corrected chi connectivity index (χ1v) is 30.0. The Bertz CT molecular complexity index is 7700. The van der Waals surface area contributed by atoms with Gasteiger partial charge in [-0.3, -0.25) is 0 Å². The Labute approximate surface area is 692 Å². The van der Waals surface area contributed by atoms with Crippen LogP contribution in [0.5, 0.6) is 0 Å². The highest BCUT2D eigenvalue weighted by atomic mass is 13.7. The summed E-state index contributed by atoms with van der Waals surface area (Å²) in [6.45, 7) is 3.14. The summed E-state index contributed by atoms with van der Waals surface area (Å²) in [5.41, 5.74) is 0. The molecule has 0 rings (SSSR count). The van der Waals surface area contributed by atoms with Crippen LogP contribution in [-0.2, 0) is 0 Å². The molecule has 0 aliphatic rings. The van der Waals surface area contributed by atoms with E-state index >= 15 is 0 Å². The summed E-state index contributed by atoms with van der Waals surface area (Å²) in [6.07, 6.45) is 4.99. The molecule has 2 heteroatoms. The maximum atomic E-state index is 4.99. The van der Waals surface area contributed by atoms with Crippen molar-refractivity contribution < 1.29 is 0 Å². The molecule has 117 heavy (non-hydrogen) atoms. The van der Waals surface area contributed by atoms with Gasteiger partial charge in [0, 0.05) is 237 Å². The van der Waals surface area contributed by atoms with Gasteiger partial charge >= 0.3 is 13.2 Å². The minimum absolute atomic E-state index is 0.941. The van der Waals surface area contributed by atoms with Crippen LogP contribution in [0.2, 0.25) is 0 Å². The van der Waals surface area contributed by atoms with Gasteiger partial charge in [-0.15, -0.1) is 29.7 Å². The van der Waals surface area contributed by atoms with Crippen LogP contribution in [0.1, 0.15) is 20.8 Å². The lowest BCUT2D eigenvalue weighted by Crippen LogP contribution is -2.32. The van der Waals surface area contributed by atoms with Gasteiger partial charge in [0.1, 0.15) is 0 Å². The number of terminal acetylenes is 1. The molecule has 0 bridgehead atoms. The Morgan fingerprint density at radius 1 is 0.0940 bits per heavy atom. The van der Waals surface area contributed by atoms with E-state index in [2.05, 4.69) is 657 Å². The molecule has 476 valence electrons. The topological polar surface area (TPSA) is 0 Å². The number of hydrogen-bond donors (Lipinski definition) is 0. The van der Waals surface area contributed by atoms with Crippen LogP contribution in [0.3, 0.4) is 0 Å². The van der Waals surface area contributed by atoms with Crippen LogP contribution >= 0.6 is 0 Å². The highest BCUT2D eigenvalue weighted by molar-refractivity contribution is 7.35. The van der Waals surface area contributed by atoms with Crippen molar-refractivity contribution in [2.24, 2.45) is 0 Å². The van der Waals surface area contributed by atoms with Gasteiger partial charge in [0.2, 0.25) is 0 Å². The number of rotatable bonds is 1. The van der Waals surface area contributed by atoms with Crippen LogP contribution in [0.15, 0.2) is 0 Å². The second kappa shape index (κ2) is 87.6. The Hall–Kier alpha value is -24.5.